The normalized spacial score (nSPS) is 17.9. The van der Waals surface area contributed by atoms with Gasteiger partial charge in [0.15, 0.2) is 0 Å². The molecule has 3 rings (SSSR count). The molecule has 2 aromatic rings. The standard InChI is InChI=1S/C17H19F3N6O2/c1-10-12(4-5-13(23-10)17(18,19)20)15(27)24-11-3-2-7-26(8-6-11)16(28)14-21-9-22-25-14/h4-5,9,11H,2-3,6-8H2,1H3,(H,24,27)(H,21,22,25)/t11-/m0/s1. The fraction of sp³-hybridized carbons (Fsp3) is 0.471. The molecule has 1 aliphatic rings. The van der Waals surface area contributed by atoms with Crippen molar-refractivity contribution in [2.75, 3.05) is 13.1 Å². The number of amides is 2. The van der Waals surface area contributed by atoms with E-state index in [-0.39, 0.29) is 29.0 Å². The average molecular weight is 396 g/mol. The Morgan fingerprint density at radius 1 is 1.25 bits per heavy atom. The fourth-order valence-electron chi connectivity index (χ4n) is 3.12. The molecule has 1 fully saturated rings. The molecular formula is C17H19F3N6O2. The Kier molecular flexibility index (Phi) is 5.61. The van der Waals surface area contributed by atoms with E-state index >= 15 is 0 Å². The number of hydrogen-bond acceptors (Lipinski definition) is 5. The van der Waals surface area contributed by atoms with Crippen molar-refractivity contribution in [3.05, 3.63) is 41.2 Å². The number of aromatic nitrogens is 4. The van der Waals surface area contributed by atoms with Crippen molar-refractivity contribution in [2.45, 2.75) is 38.4 Å². The zero-order valence-corrected chi connectivity index (χ0v) is 15.1. The van der Waals surface area contributed by atoms with Gasteiger partial charge in [-0.2, -0.15) is 18.3 Å². The third-order valence-electron chi connectivity index (χ3n) is 4.59. The van der Waals surface area contributed by atoms with Crippen LogP contribution in [0, 0.1) is 6.92 Å². The molecule has 0 unspecified atom stereocenters. The molecular weight excluding hydrogens is 377 g/mol. The molecule has 0 spiro atoms. The Bertz CT molecular complexity index is 853. The summed E-state index contributed by atoms with van der Waals surface area (Å²) >= 11 is 0. The van der Waals surface area contributed by atoms with Gasteiger partial charge in [0.25, 0.3) is 11.8 Å². The van der Waals surface area contributed by atoms with Crippen molar-refractivity contribution in [3.8, 4) is 0 Å². The second-order valence-electron chi connectivity index (χ2n) is 6.55. The van der Waals surface area contributed by atoms with Crippen LogP contribution in [0.2, 0.25) is 0 Å². The van der Waals surface area contributed by atoms with Gasteiger partial charge in [-0.15, -0.1) is 0 Å². The number of H-pyrrole nitrogens is 1. The number of nitrogens with one attached hydrogen (secondary N) is 2. The summed E-state index contributed by atoms with van der Waals surface area (Å²) in [6.07, 6.45) is -1.44. The van der Waals surface area contributed by atoms with Gasteiger partial charge in [-0.1, -0.05) is 0 Å². The second-order valence-corrected chi connectivity index (χ2v) is 6.55. The van der Waals surface area contributed by atoms with Crippen LogP contribution in [0.4, 0.5) is 13.2 Å². The third kappa shape index (κ3) is 4.46. The number of carbonyl (C=O) groups excluding carboxylic acids is 2. The van der Waals surface area contributed by atoms with Crippen LogP contribution in [0.5, 0.6) is 0 Å². The van der Waals surface area contributed by atoms with E-state index in [9.17, 15) is 22.8 Å². The van der Waals surface area contributed by atoms with Crippen molar-refractivity contribution in [1.82, 2.24) is 30.4 Å². The van der Waals surface area contributed by atoms with E-state index in [1.807, 2.05) is 0 Å². The molecule has 0 bridgehead atoms. The summed E-state index contributed by atoms with van der Waals surface area (Å²) in [4.78, 5) is 33.8. The van der Waals surface area contributed by atoms with Gasteiger partial charge in [-0.3, -0.25) is 14.7 Å². The highest BCUT2D eigenvalue weighted by Crippen LogP contribution is 2.28. The van der Waals surface area contributed by atoms with Gasteiger partial charge < -0.3 is 10.2 Å². The molecule has 0 saturated carbocycles. The van der Waals surface area contributed by atoms with E-state index in [0.29, 0.717) is 32.4 Å². The van der Waals surface area contributed by atoms with E-state index in [1.54, 1.807) is 4.90 Å². The maximum atomic E-state index is 12.7. The van der Waals surface area contributed by atoms with Crippen LogP contribution < -0.4 is 5.32 Å². The highest BCUT2D eigenvalue weighted by Gasteiger charge is 2.33. The lowest BCUT2D eigenvalue weighted by molar-refractivity contribution is -0.141. The molecule has 1 atom stereocenters. The number of nitrogens with zero attached hydrogens (tertiary/aromatic N) is 4. The van der Waals surface area contributed by atoms with E-state index < -0.39 is 17.8 Å². The number of likely N-dealkylation sites (tertiary alicyclic amines) is 1. The second kappa shape index (κ2) is 7.95. The summed E-state index contributed by atoms with van der Waals surface area (Å²) in [7, 11) is 0. The van der Waals surface area contributed by atoms with Gasteiger partial charge in [-0.25, -0.2) is 9.97 Å². The number of rotatable bonds is 3. The zero-order valence-electron chi connectivity index (χ0n) is 15.1. The Morgan fingerprint density at radius 2 is 2.04 bits per heavy atom. The van der Waals surface area contributed by atoms with E-state index in [0.717, 1.165) is 12.1 Å². The van der Waals surface area contributed by atoms with E-state index in [1.165, 1.54) is 13.3 Å². The molecule has 8 nitrogen and oxygen atoms in total. The zero-order chi connectivity index (χ0) is 20.3. The lowest BCUT2D eigenvalue weighted by Gasteiger charge is -2.20. The molecule has 0 aromatic carbocycles. The van der Waals surface area contributed by atoms with Crippen LogP contribution in [0.1, 0.15) is 51.6 Å². The first-order valence-electron chi connectivity index (χ1n) is 8.76. The lowest BCUT2D eigenvalue weighted by atomic mass is 10.1. The Balaban J connectivity index is 1.61. The van der Waals surface area contributed by atoms with Crippen molar-refractivity contribution in [3.63, 3.8) is 0 Å². The molecule has 150 valence electrons. The largest absolute Gasteiger partial charge is 0.433 e. The van der Waals surface area contributed by atoms with Gasteiger partial charge in [0.05, 0.1) is 11.3 Å². The summed E-state index contributed by atoms with van der Waals surface area (Å²) in [6.45, 7) is 2.32. The topological polar surface area (TPSA) is 104 Å². The number of carbonyl (C=O) groups is 2. The predicted molar refractivity (Wildman–Crippen MR) is 91.4 cm³/mol. The summed E-state index contributed by atoms with van der Waals surface area (Å²) < 4.78 is 38.1. The number of pyridine rings is 1. The van der Waals surface area contributed by atoms with Gasteiger partial charge in [0, 0.05) is 19.1 Å². The summed E-state index contributed by atoms with van der Waals surface area (Å²) in [5.41, 5.74) is -0.910. The maximum Gasteiger partial charge on any atom is 0.433 e. The van der Waals surface area contributed by atoms with Crippen LogP contribution in [-0.4, -0.2) is 56.0 Å². The van der Waals surface area contributed by atoms with Gasteiger partial charge in [-0.05, 0) is 38.3 Å². The minimum atomic E-state index is -4.55. The van der Waals surface area contributed by atoms with Gasteiger partial charge in [0.1, 0.15) is 12.0 Å². The monoisotopic (exact) mass is 396 g/mol. The van der Waals surface area contributed by atoms with Crippen LogP contribution in [-0.2, 0) is 6.18 Å². The number of aromatic amines is 1. The number of halogens is 3. The molecule has 11 heteroatoms. The fourth-order valence-corrected chi connectivity index (χ4v) is 3.12. The first-order valence-corrected chi connectivity index (χ1v) is 8.76. The molecule has 1 saturated heterocycles. The maximum absolute atomic E-state index is 12.7. The predicted octanol–water partition coefficient (Wildman–Crippen LogP) is 1.95. The van der Waals surface area contributed by atoms with Gasteiger partial charge in [0.2, 0.25) is 5.82 Å². The van der Waals surface area contributed by atoms with Crippen LogP contribution >= 0.6 is 0 Å². The lowest BCUT2D eigenvalue weighted by Crippen LogP contribution is -2.37. The van der Waals surface area contributed by atoms with Crippen molar-refractivity contribution < 1.29 is 22.8 Å². The summed E-state index contributed by atoms with van der Waals surface area (Å²) in [6, 6.07) is 1.74. The highest BCUT2D eigenvalue weighted by atomic mass is 19.4. The number of aryl methyl sites for hydroxylation is 1. The molecule has 1 aliphatic heterocycles. The molecule has 3 heterocycles. The Labute approximate surface area is 158 Å². The molecule has 28 heavy (non-hydrogen) atoms. The first-order chi connectivity index (χ1) is 13.3. The Morgan fingerprint density at radius 3 is 2.68 bits per heavy atom. The molecule has 0 radical (unpaired) electrons. The van der Waals surface area contributed by atoms with Crippen LogP contribution in [0.25, 0.3) is 0 Å². The molecule has 0 aliphatic carbocycles. The minimum Gasteiger partial charge on any atom is -0.349 e. The molecule has 2 N–H and O–H groups in total. The van der Waals surface area contributed by atoms with E-state index in [2.05, 4.69) is 25.5 Å². The highest BCUT2D eigenvalue weighted by molar-refractivity contribution is 5.95. The quantitative estimate of drug-likeness (QED) is 0.825. The minimum absolute atomic E-state index is 0.0167. The molecule has 2 amide bonds. The Hall–Kier alpha value is -2.98. The summed E-state index contributed by atoms with van der Waals surface area (Å²) in [5, 5.41) is 9.03. The van der Waals surface area contributed by atoms with E-state index in [4.69, 9.17) is 0 Å². The smallest absolute Gasteiger partial charge is 0.349 e. The number of alkyl halides is 3. The van der Waals surface area contributed by atoms with Gasteiger partial charge >= 0.3 is 6.18 Å². The van der Waals surface area contributed by atoms with Crippen LogP contribution in [0.3, 0.4) is 0 Å². The van der Waals surface area contributed by atoms with Crippen molar-refractivity contribution in [2.24, 2.45) is 0 Å². The SMILES string of the molecule is Cc1nc(C(F)(F)F)ccc1C(=O)N[C@H]1CCCN(C(=O)c2ncn[nH]2)CC1. The first kappa shape index (κ1) is 19.8. The third-order valence-corrected chi connectivity index (χ3v) is 4.59. The van der Waals surface area contributed by atoms with Crippen LogP contribution in [0.15, 0.2) is 18.5 Å². The average Bonchev–Trinajstić information content (AvgIpc) is 3.07. The summed E-state index contributed by atoms with van der Waals surface area (Å²) in [5.74, 6) is -0.570. The number of hydrogen-bond donors (Lipinski definition) is 2. The van der Waals surface area contributed by atoms with Crippen molar-refractivity contribution >= 4 is 11.8 Å². The molecule has 2 aromatic heterocycles. The van der Waals surface area contributed by atoms with Crippen molar-refractivity contribution in [1.29, 1.82) is 0 Å².